The Balaban J connectivity index is 0.954. The maximum absolute atomic E-state index is 14.8. The third-order valence-corrected chi connectivity index (χ3v) is 14.8. The van der Waals surface area contributed by atoms with E-state index < -0.39 is 42.1 Å². The number of carboxylic acid groups (broad SMARTS) is 1. The number of benzene rings is 4. The molecule has 13 nitrogen and oxygen atoms in total. The minimum Gasteiger partial charge on any atom is -0.619 e. The summed E-state index contributed by atoms with van der Waals surface area (Å²) in [5.74, 6) is -1.95. The number of ether oxygens (including phenoxy) is 4. The first-order valence-corrected chi connectivity index (χ1v) is 24.5. The normalized spacial score (nSPS) is 21.7. The molecule has 1 aliphatic carbocycles. The van der Waals surface area contributed by atoms with Gasteiger partial charge in [-0.3, -0.25) is 9.69 Å². The average Bonchev–Trinajstić information content (AvgIpc) is 4.20. The first kappa shape index (κ1) is 48.8. The first-order valence-electron chi connectivity index (χ1n) is 23.7. The number of aromatic nitrogens is 1. The number of nitrogens with zero attached hydrogens (tertiary/aromatic N) is 3. The molecule has 1 saturated carbocycles. The van der Waals surface area contributed by atoms with Crippen molar-refractivity contribution < 1.29 is 51.9 Å². The molecule has 1 aromatic heterocycles. The largest absolute Gasteiger partial charge is 0.619 e. The summed E-state index contributed by atoms with van der Waals surface area (Å²) >= 11 is 13.2. The molecule has 5 aromatic rings. The number of carbonyl (C=O) groups excluding carboxylic acids is 2. The van der Waals surface area contributed by atoms with Crippen molar-refractivity contribution in [1.82, 2.24) is 15.1 Å². The lowest BCUT2D eigenvalue weighted by molar-refractivity contribution is -0.605. The number of hydrogen-bond acceptors (Lipinski definition) is 9. The third kappa shape index (κ3) is 11.1. The van der Waals surface area contributed by atoms with Gasteiger partial charge in [0.2, 0.25) is 0 Å². The monoisotopic (exact) mass is 998 g/mol. The summed E-state index contributed by atoms with van der Waals surface area (Å²) < 4.78 is 50.8. The molecule has 4 aliphatic heterocycles. The fraction of sp³-hybridized carbons (Fsp3) is 0.396. The lowest BCUT2D eigenvalue weighted by Crippen LogP contribution is -2.63. The van der Waals surface area contributed by atoms with Crippen LogP contribution in [0.2, 0.25) is 10.0 Å². The van der Waals surface area contributed by atoms with Crippen LogP contribution in [0, 0.1) is 17.0 Å². The van der Waals surface area contributed by atoms with E-state index in [2.05, 4.69) is 10.2 Å². The van der Waals surface area contributed by atoms with Gasteiger partial charge in [-0.05, 0) is 135 Å². The lowest BCUT2D eigenvalue weighted by atomic mass is 9.70. The van der Waals surface area contributed by atoms with Crippen LogP contribution in [0.5, 0.6) is 17.2 Å². The lowest BCUT2D eigenvalue weighted by Gasteiger charge is -2.49. The van der Waals surface area contributed by atoms with Crippen molar-refractivity contribution in [1.29, 1.82) is 0 Å². The number of piperidine rings is 4. The zero-order valence-electron chi connectivity index (χ0n) is 38.3. The molecule has 0 spiro atoms. The topological polar surface area (TPSA) is 154 Å². The van der Waals surface area contributed by atoms with E-state index in [0.717, 1.165) is 74.4 Å². The molecule has 5 aliphatic rings. The molecule has 5 heterocycles. The molecular weight excluding hydrogens is 946 g/mol. The molecule has 4 atom stereocenters. The van der Waals surface area contributed by atoms with Gasteiger partial charge in [-0.15, -0.1) is 0 Å². The molecule has 2 amide bonds. The minimum atomic E-state index is -3.15. The predicted octanol–water partition coefficient (Wildman–Crippen LogP) is 9.98. The summed E-state index contributed by atoms with van der Waals surface area (Å²) in [6.45, 7) is 0.148. The summed E-state index contributed by atoms with van der Waals surface area (Å²) in [5, 5.41) is 26.8. The molecule has 10 rings (SSSR count). The van der Waals surface area contributed by atoms with Crippen molar-refractivity contribution in [3.05, 3.63) is 158 Å². The summed E-state index contributed by atoms with van der Waals surface area (Å²) in [4.78, 5) is 46.0. The highest BCUT2D eigenvalue weighted by molar-refractivity contribution is 6.35. The van der Waals surface area contributed by atoms with E-state index >= 15 is 0 Å². The SMILES string of the molecule is O=C(N[C@@H](c1ccccc1)c1cccc(OCc2ccc(C(=O)N3CCCC[C@@]3(C(=O)O)[C@@H](Cc3c(Cl)c[n+]([O-])cc3Cl)c3ccc(OC(F)F)c(OCC4CC4)c3)cc2)c1)O[C@H]1CN2CCC1CC2. The van der Waals surface area contributed by atoms with Crippen LogP contribution in [0.3, 0.4) is 0 Å². The summed E-state index contributed by atoms with van der Waals surface area (Å²) in [6, 6.07) is 27.6. The van der Waals surface area contributed by atoms with Gasteiger partial charge in [0.15, 0.2) is 23.9 Å². The summed E-state index contributed by atoms with van der Waals surface area (Å²) in [5.41, 5.74) is 1.36. The number of alkyl carbamates (subject to hydrolysis) is 1. The smallest absolute Gasteiger partial charge is 0.408 e. The van der Waals surface area contributed by atoms with Gasteiger partial charge >= 0.3 is 18.7 Å². The van der Waals surface area contributed by atoms with Gasteiger partial charge in [0.1, 0.15) is 34.0 Å². The number of hydrogen-bond donors (Lipinski definition) is 2. The summed E-state index contributed by atoms with van der Waals surface area (Å²) in [7, 11) is 0. The predicted molar refractivity (Wildman–Crippen MR) is 256 cm³/mol. The van der Waals surface area contributed by atoms with Crippen LogP contribution in [0.4, 0.5) is 13.6 Å². The van der Waals surface area contributed by atoms with Crippen LogP contribution < -0.4 is 24.3 Å². The van der Waals surface area contributed by atoms with Gasteiger partial charge in [-0.1, -0.05) is 83.9 Å². The number of amides is 2. The molecule has 0 radical (unpaired) electrons. The van der Waals surface area contributed by atoms with E-state index in [4.69, 9.17) is 42.1 Å². The maximum atomic E-state index is 14.8. The molecule has 4 aromatic carbocycles. The van der Waals surface area contributed by atoms with Gasteiger partial charge < -0.3 is 39.5 Å². The third-order valence-electron chi connectivity index (χ3n) is 14.1. The van der Waals surface area contributed by atoms with E-state index in [1.165, 1.54) is 23.1 Å². The molecule has 70 heavy (non-hydrogen) atoms. The highest BCUT2D eigenvalue weighted by Gasteiger charge is 2.54. The highest BCUT2D eigenvalue weighted by Crippen LogP contribution is 2.47. The van der Waals surface area contributed by atoms with E-state index in [-0.39, 0.29) is 77.3 Å². The van der Waals surface area contributed by atoms with E-state index in [0.29, 0.717) is 34.8 Å². The van der Waals surface area contributed by atoms with Crippen LogP contribution >= 0.6 is 23.2 Å². The van der Waals surface area contributed by atoms with Crippen molar-refractivity contribution in [2.24, 2.45) is 11.8 Å². The van der Waals surface area contributed by atoms with Gasteiger partial charge in [0, 0.05) is 30.1 Å². The Morgan fingerprint density at radius 3 is 2.23 bits per heavy atom. The molecule has 2 N–H and O–H groups in total. The number of nitrogens with one attached hydrogen (secondary N) is 1. The highest BCUT2D eigenvalue weighted by atomic mass is 35.5. The number of halogens is 4. The Bertz CT molecular complexity index is 2650. The summed E-state index contributed by atoms with van der Waals surface area (Å²) in [6.07, 6.45) is 6.34. The Morgan fingerprint density at radius 2 is 1.56 bits per heavy atom. The van der Waals surface area contributed by atoms with Gasteiger partial charge in [-0.2, -0.15) is 13.5 Å². The average molecular weight is 1000 g/mol. The molecular formula is C53H54Cl2F2N4O9. The number of fused-ring (bicyclic) bond motifs is 3. The minimum absolute atomic E-state index is 0.00311. The Labute approximate surface area is 414 Å². The fourth-order valence-corrected chi connectivity index (χ4v) is 10.8. The Hall–Kier alpha value is -6.16. The van der Waals surface area contributed by atoms with Crippen LogP contribution in [-0.4, -0.2) is 83.9 Å². The van der Waals surface area contributed by atoms with Crippen LogP contribution in [0.1, 0.15) is 95.1 Å². The Kier molecular flexibility index (Phi) is 15.0. The number of aliphatic carboxylic acids is 1. The second-order valence-corrected chi connectivity index (χ2v) is 19.5. The van der Waals surface area contributed by atoms with Gasteiger partial charge in [0.05, 0.1) is 12.6 Å². The van der Waals surface area contributed by atoms with Gasteiger partial charge in [0.25, 0.3) is 5.91 Å². The Morgan fingerprint density at radius 1 is 0.829 bits per heavy atom. The van der Waals surface area contributed by atoms with E-state index in [1.807, 2.05) is 54.6 Å². The molecule has 4 saturated heterocycles. The quantitative estimate of drug-likeness (QED) is 0.0641. The fourth-order valence-electron chi connectivity index (χ4n) is 10.2. The van der Waals surface area contributed by atoms with E-state index in [9.17, 15) is 33.5 Å². The number of alkyl halides is 2. The second kappa shape index (κ2) is 21.5. The number of likely N-dealkylation sites (tertiary alicyclic amines) is 1. The zero-order valence-corrected chi connectivity index (χ0v) is 39.8. The number of carbonyl (C=O) groups is 3. The number of rotatable bonds is 18. The standard InChI is InChI=1S/C53H54Cl2F2N4O9/c54-43-28-60(66)29-44(55)41(43)27-42(38-17-18-45(69-51(56)57)46(26-38)68-32-33-11-12-33)53(50(63)64)21-4-5-22-61(53)49(62)37-15-13-34(14-16-37)31-67-40-10-6-9-39(25-40)48(36-7-2-1-3-8-36)58-52(65)70-47-30-59-23-19-35(47)20-24-59/h1-3,6-10,13-18,25-26,28-29,33,35,42,47-48,51H,4-5,11-12,19-24,27,30-32H2,(H,58,65)(H,63,64)/t42-,47-,48-,53-/m0/s1. The van der Waals surface area contributed by atoms with E-state index in [1.54, 1.807) is 24.3 Å². The van der Waals surface area contributed by atoms with Crippen molar-refractivity contribution >= 4 is 41.2 Å². The molecule has 2 bridgehead atoms. The molecule has 368 valence electrons. The second-order valence-electron chi connectivity index (χ2n) is 18.7. The number of carboxylic acids is 1. The van der Waals surface area contributed by atoms with Crippen molar-refractivity contribution in [3.63, 3.8) is 0 Å². The first-order chi connectivity index (χ1) is 33.8. The van der Waals surface area contributed by atoms with Crippen molar-refractivity contribution in [3.8, 4) is 17.2 Å². The van der Waals surface area contributed by atoms with Crippen molar-refractivity contribution in [2.45, 2.75) is 88.2 Å². The van der Waals surface area contributed by atoms with Crippen LogP contribution in [0.25, 0.3) is 0 Å². The zero-order chi connectivity index (χ0) is 48.9. The molecule has 0 unspecified atom stereocenters. The molecule has 5 fully saturated rings. The molecule has 17 heteroatoms. The van der Waals surface area contributed by atoms with Gasteiger partial charge in [-0.25, -0.2) is 9.59 Å². The maximum Gasteiger partial charge on any atom is 0.408 e. The van der Waals surface area contributed by atoms with Crippen molar-refractivity contribution in [2.75, 3.05) is 32.8 Å². The number of pyridine rings is 1. The van der Waals surface area contributed by atoms with Crippen LogP contribution in [-0.2, 0) is 22.6 Å². The van der Waals surface area contributed by atoms with Crippen LogP contribution in [0.15, 0.2) is 109 Å².